The average molecular weight is 343 g/mol. The van der Waals surface area contributed by atoms with Crippen LogP contribution in [0.2, 0.25) is 0 Å². The van der Waals surface area contributed by atoms with E-state index in [1.807, 2.05) is 0 Å². The number of pyridine rings is 1. The van der Waals surface area contributed by atoms with Crippen molar-refractivity contribution in [2.24, 2.45) is 4.99 Å². The zero-order valence-corrected chi connectivity index (χ0v) is 13.7. The number of carbonyl (C=O) groups is 1. The molecule has 0 saturated carbocycles. The SMILES string of the molecule is COc1ccnc(C(=O)N=c2sccn2Cc2ccccc2F)c1. The molecule has 122 valence electrons. The summed E-state index contributed by atoms with van der Waals surface area (Å²) in [5.41, 5.74) is 0.726. The minimum absolute atomic E-state index is 0.195. The molecule has 0 N–H and O–H groups in total. The number of benzene rings is 1. The number of carbonyl (C=O) groups excluding carboxylic acids is 1. The van der Waals surface area contributed by atoms with E-state index in [-0.39, 0.29) is 11.5 Å². The summed E-state index contributed by atoms with van der Waals surface area (Å²) in [6, 6.07) is 9.70. The van der Waals surface area contributed by atoms with Crippen molar-refractivity contribution < 1.29 is 13.9 Å². The van der Waals surface area contributed by atoms with E-state index < -0.39 is 5.91 Å². The van der Waals surface area contributed by atoms with Gasteiger partial charge in [-0.1, -0.05) is 18.2 Å². The largest absolute Gasteiger partial charge is 0.497 e. The quantitative estimate of drug-likeness (QED) is 0.732. The molecule has 0 aliphatic carbocycles. The average Bonchev–Trinajstić information content (AvgIpc) is 3.04. The first-order chi connectivity index (χ1) is 11.7. The lowest BCUT2D eigenvalue weighted by atomic mass is 10.2. The lowest BCUT2D eigenvalue weighted by Crippen LogP contribution is -2.18. The van der Waals surface area contributed by atoms with Crippen molar-refractivity contribution in [3.63, 3.8) is 0 Å². The highest BCUT2D eigenvalue weighted by Gasteiger charge is 2.09. The molecule has 3 aromatic rings. The number of nitrogens with zero attached hydrogens (tertiary/aromatic N) is 3. The Balaban J connectivity index is 1.90. The summed E-state index contributed by atoms with van der Waals surface area (Å²) in [4.78, 5) is 20.9. The molecule has 0 unspecified atom stereocenters. The first kappa shape index (κ1) is 16.1. The van der Waals surface area contributed by atoms with E-state index in [1.54, 1.807) is 40.4 Å². The third-order valence-corrected chi connectivity index (χ3v) is 4.14. The molecule has 0 aliphatic rings. The number of methoxy groups -OCH3 is 1. The molecular formula is C17H14FN3O2S. The number of amides is 1. The first-order valence-corrected chi connectivity index (χ1v) is 8.02. The van der Waals surface area contributed by atoms with Gasteiger partial charge < -0.3 is 9.30 Å². The molecule has 0 atom stereocenters. The van der Waals surface area contributed by atoms with E-state index >= 15 is 0 Å². The minimum Gasteiger partial charge on any atom is -0.497 e. The number of hydrogen-bond donors (Lipinski definition) is 0. The normalized spacial score (nSPS) is 11.5. The Morgan fingerprint density at radius 1 is 1.38 bits per heavy atom. The van der Waals surface area contributed by atoms with Gasteiger partial charge in [0.05, 0.1) is 13.7 Å². The summed E-state index contributed by atoms with van der Waals surface area (Å²) in [6.07, 6.45) is 3.26. The third kappa shape index (κ3) is 3.57. The molecule has 1 aromatic carbocycles. The van der Waals surface area contributed by atoms with Gasteiger partial charge in [0.15, 0.2) is 4.80 Å². The lowest BCUT2D eigenvalue weighted by molar-refractivity contribution is 0.0992. The standard InChI is InChI=1S/C17H14FN3O2S/c1-23-13-6-7-19-15(10-13)16(22)20-17-21(8-9-24-17)11-12-4-2-3-5-14(12)18/h2-10H,11H2,1H3. The molecule has 1 amide bonds. The molecule has 24 heavy (non-hydrogen) atoms. The van der Waals surface area contributed by atoms with Crippen molar-refractivity contribution in [1.82, 2.24) is 9.55 Å². The number of hydrogen-bond acceptors (Lipinski definition) is 4. The molecule has 0 aliphatic heterocycles. The van der Waals surface area contributed by atoms with Crippen molar-refractivity contribution in [2.75, 3.05) is 7.11 Å². The molecule has 7 heteroatoms. The smallest absolute Gasteiger partial charge is 0.298 e. The number of ether oxygens (including phenoxy) is 1. The summed E-state index contributed by atoms with van der Waals surface area (Å²) in [7, 11) is 1.52. The van der Waals surface area contributed by atoms with Crippen LogP contribution >= 0.6 is 11.3 Å². The van der Waals surface area contributed by atoms with Gasteiger partial charge in [-0.15, -0.1) is 11.3 Å². The van der Waals surface area contributed by atoms with Gasteiger partial charge in [-0.05, 0) is 12.1 Å². The van der Waals surface area contributed by atoms with E-state index in [2.05, 4.69) is 9.98 Å². The number of aromatic nitrogens is 2. The molecule has 0 bridgehead atoms. The second-order valence-electron chi connectivity index (χ2n) is 4.90. The van der Waals surface area contributed by atoms with Gasteiger partial charge in [0, 0.05) is 29.4 Å². The predicted molar refractivity (Wildman–Crippen MR) is 88.5 cm³/mol. The summed E-state index contributed by atoms with van der Waals surface area (Å²) < 4.78 is 20.6. The van der Waals surface area contributed by atoms with Gasteiger partial charge in [-0.25, -0.2) is 4.39 Å². The molecule has 2 heterocycles. The second-order valence-corrected chi connectivity index (χ2v) is 5.78. The van der Waals surface area contributed by atoms with Crippen LogP contribution in [0.5, 0.6) is 5.75 Å². The van der Waals surface area contributed by atoms with Gasteiger partial charge in [0.1, 0.15) is 17.3 Å². The van der Waals surface area contributed by atoms with E-state index in [4.69, 9.17) is 4.74 Å². The van der Waals surface area contributed by atoms with Crippen LogP contribution in [0.1, 0.15) is 16.1 Å². The first-order valence-electron chi connectivity index (χ1n) is 7.14. The fourth-order valence-corrected chi connectivity index (χ4v) is 2.84. The molecule has 0 spiro atoms. The van der Waals surface area contributed by atoms with Gasteiger partial charge >= 0.3 is 0 Å². The predicted octanol–water partition coefficient (Wildman–Crippen LogP) is 2.88. The van der Waals surface area contributed by atoms with Gasteiger partial charge in [0.25, 0.3) is 5.91 Å². The highest BCUT2D eigenvalue weighted by atomic mass is 32.1. The molecular weight excluding hydrogens is 329 g/mol. The van der Waals surface area contributed by atoms with Crippen LogP contribution in [-0.2, 0) is 6.54 Å². The Kier molecular flexibility index (Phi) is 4.81. The Morgan fingerprint density at radius 2 is 2.21 bits per heavy atom. The zero-order valence-electron chi connectivity index (χ0n) is 12.8. The number of halogens is 1. The maximum absolute atomic E-state index is 13.8. The van der Waals surface area contributed by atoms with Crippen molar-refractivity contribution in [1.29, 1.82) is 0 Å². The third-order valence-electron chi connectivity index (χ3n) is 3.34. The van der Waals surface area contributed by atoms with E-state index in [0.717, 1.165) is 0 Å². The molecule has 2 aromatic heterocycles. The minimum atomic E-state index is -0.473. The molecule has 5 nitrogen and oxygen atoms in total. The summed E-state index contributed by atoms with van der Waals surface area (Å²) in [6.45, 7) is 0.299. The van der Waals surface area contributed by atoms with Gasteiger partial charge in [-0.2, -0.15) is 4.99 Å². The molecule has 0 saturated heterocycles. The van der Waals surface area contributed by atoms with Gasteiger partial charge in [-0.3, -0.25) is 9.78 Å². The molecule has 0 radical (unpaired) electrons. The summed E-state index contributed by atoms with van der Waals surface area (Å²) in [5, 5.41) is 1.80. The highest BCUT2D eigenvalue weighted by Crippen LogP contribution is 2.11. The summed E-state index contributed by atoms with van der Waals surface area (Å²) in [5.74, 6) is -0.226. The van der Waals surface area contributed by atoms with Crippen molar-refractivity contribution in [2.45, 2.75) is 6.54 Å². The van der Waals surface area contributed by atoms with Crippen LogP contribution in [0.4, 0.5) is 4.39 Å². The van der Waals surface area contributed by atoms with E-state index in [1.165, 1.54) is 36.8 Å². The van der Waals surface area contributed by atoms with Crippen LogP contribution in [0.25, 0.3) is 0 Å². The maximum Gasteiger partial charge on any atom is 0.298 e. The fraction of sp³-hybridized carbons (Fsp3) is 0.118. The Morgan fingerprint density at radius 3 is 3.00 bits per heavy atom. The van der Waals surface area contributed by atoms with Crippen LogP contribution in [0.15, 0.2) is 59.2 Å². The fourth-order valence-electron chi connectivity index (χ4n) is 2.12. The van der Waals surface area contributed by atoms with Crippen LogP contribution in [-0.4, -0.2) is 22.6 Å². The van der Waals surface area contributed by atoms with Crippen molar-refractivity contribution in [3.05, 3.63) is 76.0 Å². The Labute approximate surface area is 141 Å². The van der Waals surface area contributed by atoms with Crippen LogP contribution < -0.4 is 9.54 Å². The monoisotopic (exact) mass is 343 g/mol. The maximum atomic E-state index is 13.8. The van der Waals surface area contributed by atoms with Crippen LogP contribution in [0, 0.1) is 5.82 Å². The topological polar surface area (TPSA) is 56.5 Å². The van der Waals surface area contributed by atoms with E-state index in [0.29, 0.717) is 22.7 Å². The lowest BCUT2D eigenvalue weighted by Gasteiger charge is -2.04. The number of rotatable bonds is 4. The Bertz CT molecular complexity index is 933. The summed E-state index contributed by atoms with van der Waals surface area (Å²) >= 11 is 1.30. The highest BCUT2D eigenvalue weighted by molar-refractivity contribution is 7.07. The van der Waals surface area contributed by atoms with Crippen LogP contribution in [0.3, 0.4) is 0 Å². The van der Waals surface area contributed by atoms with E-state index in [9.17, 15) is 9.18 Å². The van der Waals surface area contributed by atoms with Crippen molar-refractivity contribution in [3.8, 4) is 5.75 Å². The number of thiazole rings is 1. The Hall–Kier alpha value is -2.80. The van der Waals surface area contributed by atoms with Gasteiger partial charge in [0.2, 0.25) is 0 Å². The molecule has 0 fully saturated rings. The second kappa shape index (κ2) is 7.18. The molecule has 3 rings (SSSR count). The van der Waals surface area contributed by atoms with Crippen molar-refractivity contribution >= 4 is 17.2 Å². The zero-order chi connectivity index (χ0) is 16.9.